The summed E-state index contributed by atoms with van der Waals surface area (Å²) in [6, 6.07) is 19.4. The van der Waals surface area contributed by atoms with Crippen molar-refractivity contribution in [3.63, 3.8) is 0 Å². The number of aromatic nitrogens is 1. The summed E-state index contributed by atoms with van der Waals surface area (Å²) in [7, 11) is 0.553. The van der Waals surface area contributed by atoms with Crippen LogP contribution >= 0.6 is 0 Å². The molecule has 0 saturated heterocycles. The van der Waals surface area contributed by atoms with Crippen LogP contribution in [0.5, 0.6) is 0 Å². The zero-order valence-corrected chi connectivity index (χ0v) is 12.3. The summed E-state index contributed by atoms with van der Waals surface area (Å²) in [5.74, 6) is 0.883. The van der Waals surface area contributed by atoms with E-state index >= 15 is 0 Å². The lowest BCUT2D eigenvalue weighted by atomic mass is 9.80. The van der Waals surface area contributed by atoms with E-state index in [0.29, 0.717) is 5.46 Å². The summed E-state index contributed by atoms with van der Waals surface area (Å²) in [6.45, 7) is 0.785. The van der Waals surface area contributed by atoms with Gasteiger partial charge in [0.2, 0.25) is 0 Å². The van der Waals surface area contributed by atoms with Crippen molar-refractivity contribution >= 4 is 29.3 Å². The van der Waals surface area contributed by atoms with Crippen molar-refractivity contribution in [3.8, 4) is 0 Å². The molecular weight excluding hydrogens is 275 g/mol. The first kappa shape index (κ1) is 14.6. The maximum atomic E-state index is 9.22. The Kier molecular flexibility index (Phi) is 4.09. The maximum absolute atomic E-state index is 9.22. The molecule has 2 N–H and O–H groups in total. The van der Waals surface area contributed by atoms with E-state index < -0.39 is 7.12 Å². The van der Waals surface area contributed by atoms with E-state index in [1.807, 2.05) is 43.4 Å². The lowest BCUT2D eigenvalue weighted by Gasteiger charge is -2.18. The van der Waals surface area contributed by atoms with Crippen LogP contribution in [0.15, 0.2) is 60.7 Å². The van der Waals surface area contributed by atoms with Crippen molar-refractivity contribution in [2.45, 2.75) is 6.54 Å². The third-order valence-corrected chi connectivity index (χ3v) is 3.65. The van der Waals surface area contributed by atoms with Gasteiger partial charge in [0.1, 0.15) is 5.82 Å². The number of benzene rings is 2. The molecule has 0 unspecified atom stereocenters. The molecule has 3 rings (SSSR count). The molecule has 0 aliphatic carbocycles. The Morgan fingerprint density at radius 1 is 1.00 bits per heavy atom. The number of nitrogens with zero attached hydrogens (tertiary/aromatic N) is 2. The fourth-order valence-corrected chi connectivity index (χ4v) is 2.44. The second-order valence-corrected chi connectivity index (χ2v) is 5.34. The van der Waals surface area contributed by atoms with E-state index in [0.717, 1.165) is 23.3 Å². The summed E-state index contributed by atoms with van der Waals surface area (Å²) in [6.07, 6.45) is 0. The minimum Gasteiger partial charge on any atom is -0.423 e. The van der Waals surface area contributed by atoms with Crippen LogP contribution in [0.2, 0.25) is 0 Å². The zero-order valence-electron chi connectivity index (χ0n) is 12.3. The predicted octanol–water partition coefficient (Wildman–Crippen LogP) is 1.55. The van der Waals surface area contributed by atoms with E-state index in [4.69, 9.17) is 0 Å². The van der Waals surface area contributed by atoms with Gasteiger partial charge in [0.05, 0.1) is 5.52 Å². The SMILES string of the molecule is CN(Cc1ccccc1)c1ccc2cc(B(O)O)ccc2n1. The Bertz CT molecular complexity index is 778. The highest BCUT2D eigenvalue weighted by Gasteiger charge is 2.12. The van der Waals surface area contributed by atoms with Crippen molar-refractivity contribution in [2.24, 2.45) is 0 Å². The standard InChI is InChI=1S/C17H17BN2O2/c1-20(12-13-5-3-2-4-6-13)17-10-7-14-11-15(18(21)22)8-9-16(14)19-17/h2-11,21-22H,12H2,1H3. The van der Waals surface area contributed by atoms with Crippen molar-refractivity contribution in [3.05, 3.63) is 66.2 Å². The van der Waals surface area contributed by atoms with Crippen LogP contribution in [0.25, 0.3) is 10.9 Å². The smallest absolute Gasteiger partial charge is 0.423 e. The highest BCUT2D eigenvalue weighted by molar-refractivity contribution is 6.58. The third kappa shape index (κ3) is 3.11. The van der Waals surface area contributed by atoms with E-state index in [9.17, 15) is 10.0 Å². The van der Waals surface area contributed by atoms with Gasteiger partial charge in [-0.1, -0.05) is 42.5 Å². The van der Waals surface area contributed by atoms with Gasteiger partial charge in [-0.3, -0.25) is 0 Å². The van der Waals surface area contributed by atoms with E-state index in [-0.39, 0.29) is 0 Å². The topological polar surface area (TPSA) is 56.6 Å². The number of fused-ring (bicyclic) bond motifs is 1. The molecule has 0 aliphatic heterocycles. The van der Waals surface area contributed by atoms with Crippen LogP contribution in [0.4, 0.5) is 5.82 Å². The number of pyridine rings is 1. The van der Waals surface area contributed by atoms with Gasteiger partial charge in [0.25, 0.3) is 0 Å². The van der Waals surface area contributed by atoms with Gasteiger partial charge in [-0.05, 0) is 34.6 Å². The number of hydrogen-bond acceptors (Lipinski definition) is 4. The summed E-state index contributed by atoms with van der Waals surface area (Å²) >= 11 is 0. The van der Waals surface area contributed by atoms with E-state index in [1.165, 1.54) is 5.56 Å². The van der Waals surface area contributed by atoms with Crippen LogP contribution in [0.3, 0.4) is 0 Å². The summed E-state index contributed by atoms with van der Waals surface area (Å²) in [5, 5.41) is 19.3. The molecule has 0 aliphatic rings. The van der Waals surface area contributed by atoms with E-state index in [2.05, 4.69) is 22.0 Å². The van der Waals surface area contributed by atoms with Crippen molar-refractivity contribution in [1.29, 1.82) is 0 Å². The Morgan fingerprint density at radius 3 is 2.50 bits per heavy atom. The van der Waals surface area contributed by atoms with E-state index in [1.54, 1.807) is 12.1 Å². The van der Waals surface area contributed by atoms with Crippen LogP contribution < -0.4 is 10.4 Å². The van der Waals surface area contributed by atoms with Crippen LogP contribution in [-0.2, 0) is 6.54 Å². The first-order valence-electron chi connectivity index (χ1n) is 7.15. The van der Waals surface area contributed by atoms with Gasteiger partial charge in [-0.2, -0.15) is 0 Å². The quantitative estimate of drug-likeness (QED) is 0.716. The molecule has 0 bridgehead atoms. The molecule has 3 aromatic rings. The Morgan fingerprint density at radius 2 is 1.77 bits per heavy atom. The maximum Gasteiger partial charge on any atom is 0.488 e. The molecule has 2 aromatic carbocycles. The predicted molar refractivity (Wildman–Crippen MR) is 90.1 cm³/mol. The molecule has 0 saturated carbocycles. The van der Waals surface area contributed by atoms with Gasteiger partial charge in [-0.15, -0.1) is 0 Å². The first-order chi connectivity index (χ1) is 10.6. The van der Waals surface area contributed by atoms with Crippen LogP contribution in [0.1, 0.15) is 5.56 Å². The lowest BCUT2D eigenvalue weighted by Crippen LogP contribution is -2.29. The third-order valence-electron chi connectivity index (χ3n) is 3.65. The molecule has 5 heteroatoms. The average molecular weight is 292 g/mol. The number of hydrogen-bond donors (Lipinski definition) is 2. The molecule has 4 nitrogen and oxygen atoms in total. The molecule has 1 aromatic heterocycles. The second kappa shape index (κ2) is 6.18. The first-order valence-corrected chi connectivity index (χ1v) is 7.15. The van der Waals surface area contributed by atoms with Gasteiger partial charge >= 0.3 is 7.12 Å². The Labute approximate surface area is 129 Å². The second-order valence-electron chi connectivity index (χ2n) is 5.34. The van der Waals surface area contributed by atoms with Crippen molar-refractivity contribution < 1.29 is 10.0 Å². The highest BCUT2D eigenvalue weighted by atomic mass is 16.4. The van der Waals surface area contributed by atoms with Crippen molar-refractivity contribution in [2.75, 3.05) is 11.9 Å². The largest absolute Gasteiger partial charge is 0.488 e. The molecular formula is C17H17BN2O2. The molecule has 0 spiro atoms. The highest BCUT2D eigenvalue weighted by Crippen LogP contribution is 2.18. The number of anilines is 1. The molecule has 110 valence electrons. The van der Waals surface area contributed by atoms with Crippen LogP contribution in [-0.4, -0.2) is 29.2 Å². The molecule has 1 heterocycles. The molecule has 0 fully saturated rings. The average Bonchev–Trinajstić information content (AvgIpc) is 2.54. The minimum absolute atomic E-state index is 0.472. The monoisotopic (exact) mass is 292 g/mol. The number of rotatable bonds is 4. The Hall–Kier alpha value is -2.37. The normalized spacial score (nSPS) is 10.7. The minimum atomic E-state index is -1.45. The van der Waals surface area contributed by atoms with Gasteiger partial charge in [0, 0.05) is 13.6 Å². The zero-order chi connectivity index (χ0) is 15.5. The fourth-order valence-electron chi connectivity index (χ4n) is 2.44. The Balaban J connectivity index is 1.87. The molecule has 0 atom stereocenters. The molecule has 0 amide bonds. The summed E-state index contributed by atoms with van der Waals surface area (Å²) in [4.78, 5) is 6.72. The fraction of sp³-hybridized carbons (Fsp3) is 0.118. The molecule has 0 radical (unpaired) electrons. The van der Waals surface area contributed by atoms with Gasteiger partial charge < -0.3 is 14.9 Å². The molecule has 22 heavy (non-hydrogen) atoms. The van der Waals surface area contributed by atoms with Gasteiger partial charge in [-0.25, -0.2) is 4.98 Å². The van der Waals surface area contributed by atoms with Gasteiger partial charge in [0.15, 0.2) is 0 Å². The lowest BCUT2D eigenvalue weighted by molar-refractivity contribution is 0.426. The van der Waals surface area contributed by atoms with Crippen molar-refractivity contribution in [1.82, 2.24) is 4.98 Å². The summed E-state index contributed by atoms with van der Waals surface area (Å²) in [5.41, 5.74) is 2.53. The summed E-state index contributed by atoms with van der Waals surface area (Å²) < 4.78 is 0. The van der Waals surface area contributed by atoms with Crippen LogP contribution in [0, 0.1) is 0 Å².